The summed E-state index contributed by atoms with van der Waals surface area (Å²) in [6.07, 6.45) is 0.546. The lowest BCUT2D eigenvalue weighted by molar-refractivity contribution is -0.132. The molecule has 2 aromatic heterocycles. The zero-order valence-electron chi connectivity index (χ0n) is 16.8. The van der Waals surface area contributed by atoms with Crippen molar-refractivity contribution in [1.29, 1.82) is 0 Å². The summed E-state index contributed by atoms with van der Waals surface area (Å²) in [5, 5.41) is 6.06. The third-order valence-corrected chi connectivity index (χ3v) is 6.82. The predicted molar refractivity (Wildman–Crippen MR) is 118 cm³/mol. The molecule has 1 amide bonds. The van der Waals surface area contributed by atoms with Gasteiger partial charge in [0.05, 0.1) is 18.5 Å². The van der Waals surface area contributed by atoms with Crippen LogP contribution in [0.5, 0.6) is 5.75 Å². The van der Waals surface area contributed by atoms with Crippen LogP contribution < -0.4 is 4.74 Å². The van der Waals surface area contributed by atoms with E-state index in [9.17, 15) is 4.79 Å². The number of amides is 1. The first-order valence-electron chi connectivity index (χ1n) is 9.85. The highest BCUT2D eigenvalue weighted by molar-refractivity contribution is 7.99. The summed E-state index contributed by atoms with van der Waals surface area (Å²) in [5.74, 6) is 3.10. The Bertz CT molecular complexity index is 936. The molecule has 0 aliphatic carbocycles. The maximum atomic E-state index is 12.5. The summed E-state index contributed by atoms with van der Waals surface area (Å²) in [7, 11) is 1.66. The second-order valence-corrected chi connectivity index (χ2v) is 9.04. The predicted octanol–water partition coefficient (Wildman–Crippen LogP) is 3.63. The van der Waals surface area contributed by atoms with E-state index in [1.165, 1.54) is 0 Å². The van der Waals surface area contributed by atoms with Crippen molar-refractivity contribution in [3.8, 4) is 16.5 Å². The van der Waals surface area contributed by atoms with E-state index in [-0.39, 0.29) is 5.91 Å². The highest BCUT2D eigenvalue weighted by Crippen LogP contribution is 2.23. The van der Waals surface area contributed by atoms with Crippen LogP contribution in [0.4, 0.5) is 0 Å². The quantitative estimate of drug-likeness (QED) is 0.491. The summed E-state index contributed by atoms with van der Waals surface area (Å²) >= 11 is 3.29. The van der Waals surface area contributed by atoms with Crippen LogP contribution in [-0.4, -0.2) is 64.9 Å². The lowest BCUT2D eigenvalue weighted by Gasteiger charge is -2.34. The zero-order chi connectivity index (χ0) is 20.8. The van der Waals surface area contributed by atoms with Gasteiger partial charge >= 0.3 is 0 Å². The number of carbonyl (C=O) groups excluding carboxylic acids is 1. The average Bonchev–Trinajstić information content (AvgIpc) is 3.47. The number of benzene rings is 1. The number of methoxy groups -OCH3 is 1. The first-order valence-corrected chi connectivity index (χ1v) is 11.7. The molecule has 1 aliphatic rings. The van der Waals surface area contributed by atoms with Crippen molar-refractivity contribution >= 4 is 29.0 Å². The number of piperazine rings is 1. The van der Waals surface area contributed by atoms with Crippen molar-refractivity contribution in [2.24, 2.45) is 0 Å². The minimum atomic E-state index is 0.216. The number of rotatable bonds is 8. The van der Waals surface area contributed by atoms with Gasteiger partial charge in [-0.15, -0.1) is 23.1 Å². The van der Waals surface area contributed by atoms with Crippen molar-refractivity contribution in [3.63, 3.8) is 0 Å². The van der Waals surface area contributed by atoms with Gasteiger partial charge in [-0.1, -0.05) is 11.2 Å². The maximum Gasteiger partial charge on any atom is 0.241 e. The van der Waals surface area contributed by atoms with E-state index in [2.05, 4.69) is 15.0 Å². The molecule has 1 saturated heterocycles. The van der Waals surface area contributed by atoms with Gasteiger partial charge in [-0.3, -0.25) is 9.69 Å². The molecule has 3 heterocycles. The summed E-state index contributed by atoms with van der Waals surface area (Å²) in [6.45, 7) is 3.71. The van der Waals surface area contributed by atoms with Crippen LogP contribution in [0.1, 0.15) is 12.3 Å². The Morgan fingerprint density at radius 1 is 1.20 bits per heavy atom. The number of aromatic nitrogens is 2. The fraction of sp³-hybridized carbons (Fsp3) is 0.381. The first-order chi connectivity index (χ1) is 14.7. The monoisotopic (exact) mass is 444 g/mol. The van der Waals surface area contributed by atoms with Crippen LogP contribution in [0.15, 0.2) is 51.2 Å². The van der Waals surface area contributed by atoms with Gasteiger partial charge in [0.25, 0.3) is 0 Å². The van der Waals surface area contributed by atoms with Crippen molar-refractivity contribution in [1.82, 2.24) is 19.9 Å². The molecule has 9 heteroatoms. The van der Waals surface area contributed by atoms with Gasteiger partial charge in [-0.2, -0.15) is 4.98 Å². The standard InChI is InChI=1S/C21H24N4O3S2/c1-27-16-4-6-17(7-5-16)29-14-8-20(26)25-11-9-24(10-12-25)15-19-22-21(23-28-19)18-3-2-13-30-18/h2-7,13H,8-12,14-15H2,1H3. The van der Waals surface area contributed by atoms with E-state index < -0.39 is 0 Å². The number of thiophene rings is 1. The molecular formula is C21H24N4O3S2. The van der Waals surface area contributed by atoms with Crippen LogP contribution in [-0.2, 0) is 11.3 Å². The fourth-order valence-corrected chi connectivity index (χ4v) is 4.75. The smallest absolute Gasteiger partial charge is 0.241 e. The van der Waals surface area contributed by atoms with Crippen molar-refractivity contribution in [2.75, 3.05) is 39.0 Å². The molecule has 1 fully saturated rings. The minimum absolute atomic E-state index is 0.216. The highest BCUT2D eigenvalue weighted by Gasteiger charge is 2.22. The zero-order valence-corrected chi connectivity index (χ0v) is 18.5. The van der Waals surface area contributed by atoms with Crippen molar-refractivity contribution in [3.05, 3.63) is 47.7 Å². The SMILES string of the molecule is COc1ccc(SCCC(=O)N2CCN(Cc3nc(-c4cccs4)no3)CC2)cc1. The van der Waals surface area contributed by atoms with Crippen LogP contribution >= 0.6 is 23.1 Å². The fourth-order valence-electron chi connectivity index (χ4n) is 3.26. The Labute approximate surface area is 184 Å². The van der Waals surface area contributed by atoms with Gasteiger partial charge in [-0.25, -0.2) is 0 Å². The Morgan fingerprint density at radius 3 is 2.70 bits per heavy atom. The van der Waals surface area contributed by atoms with Gasteiger partial charge in [-0.05, 0) is 35.7 Å². The molecule has 1 aromatic carbocycles. The molecule has 0 radical (unpaired) electrons. The first kappa shape index (κ1) is 20.9. The van der Waals surface area contributed by atoms with Crippen molar-refractivity contribution in [2.45, 2.75) is 17.9 Å². The molecule has 0 atom stereocenters. The number of thioether (sulfide) groups is 1. The molecule has 158 valence electrons. The van der Waals surface area contributed by atoms with Gasteiger partial charge in [0, 0.05) is 43.2 Å². The molecule has 0 N–H and O–H groups in total. The topological polar surface area (TPSA) is 71.7 Å². The third kappa shape index (κ3) is 5.41. The van der Waals surface area contributed by atoms with Gasteiger partial charge in [0.2, 0.25) is 17.6 Å². The number of carbonyl (C=O) groups is 1. The number of hydrogen-bond acceptors (Lipinski definition) is 8. The average molecular weight is 445 g/mol. The largest absolute Gasteiger partial charge is 0.497 e. The molecular weight excluding hydrogens is 420 g/mol. The number of ether oxygens (including phenoxy) is 1. The third-order valence-electron chi connectivity index (χ3n) is 4.94. The molecule has 1 aliphatic heterocycles. The summed E-state index contributed by atoms with van der Waals surface area (Å²) in [5.41, 5.74) is 0. The van der Waals surface area contributed by atoms with E-state index in [1.807, 2.05) is 46.7 Å². The van der Waals surface area contributed by atoms with Gasteiger partial charge in [0.1, 0.15) is 5.75 Å². The summed E-state index contributed by atoms with van der Waals surface area (Å²) in [6, 6.07) is 11.9. The molecule has 30 heavy (non-hydrogen) atoms. The summed E-state index contributed by atoms with van der Waals surface area (Å²) in [4.78, 5) is 23.4. The van der Waals surface area contributed by atoms with E-state index in [4.69, 9.17) is 9.26 Å². The molecule has 0 spiro atoms. The Hall–Kier alpha value is -2.36. The Morgan fingerprint density at radius 2 is 2.00 bits per heavy atom. The second kappa shape index (κ2) is 10.1. The lowest BCUT2D eigenvalue weighted by Crippen LogP contribution is -2.48. The normalized spacial score (nSPS) is 14.8. The van der Waals surface area contributed by atoms with Crippen LogP contribution in [0.2, 0.25) is 0 Å². The van der Waals surface area contributed by atoms with Crippen LogP contribution in [0, 0.1) is 0 Å². The van der Waals surface area contributed by atoms with E-state index in [1.54, 1.807) is 30.2 Å². The van der Waals surface area contributed by atoms with Crippen LogP contribution in [0.25, 0.3) is 10.7 Å². The Balaban J connectivity index is 1.18. The lowest BCUT2D eigenvalue weighted by atomic mass is 10.3. The maximum absolute atomic E-state index is 12.5. The van der Waals surface area contributed by atoms with E-state index >= 15 is 0 Å². The van der Waals surface area contributed by atoms with Gasteiger partial charge in [0.15, 0.2) is 0 Å². The molecule has 0 saturated carbocycles. The molecule has 0 unspecified atom stereocenters. The Kier molecular flexibility index (Phi) is 7.03. The second-order valence-electron chi connectivity index (χ2n) is 6.92. The molecule has 0 bridgehead atoms. The van der Waals surface area contributed by atoms with Crippen LogP contribution in [0.3, 0.4) is 0 Å². The van der Waals surface area contributed by atoms with E-state index in [0.29, 0.717) is 24.7 Å². The number of hydrogen-bond donors (Lipinski definition) is 0. The van der Waals surface area contributed by atoms with Crippen molar-refractivity contribution < 1.29 is 14.1 Å². The van der Waals surface area contributed by atoms with E-state index in [0.717, 1.165) is 47.5 Å². The highest BCUT2D eigenvalue weighted by atomic mass is 32.2. The molecule has 4 rings (SSSR count). The molecule has 7 nitrogen and oxygen atoms in total. The minimum Gasteiger partial charge on any atom is -0.497 e. The molecule has 3 aromatic rings. The summed E-state index contributed by atoms with van der Waals surface area (Å²) < 4.78 is 10.6. The number of nitrogens with zero attached hydrogens (tertiary/aromatic N) is 4. The van der Waals surface area contributed by atoms with Gasteiger partial charge < -0.3 is 14.2 Å².